The second-order valence-electron chi connectivity index (χ2n) is 8.14. The van der Waals surface area contributed by atoms with Crippen LogP contribution in [0.1, 0.15) is 16.8 Å². The molecule has 3 saturated heterocycles. The largest absolute Gasteiger partial charge is 0.457 e. The minimum absolute atomic E-state index is 0.0605. The molecule has 2 aromatic carbocycles. The van der Waals surface area contributed by atoms with Gasteiger partial charge in [0.1, 0.15) is 22.8 Å². The van der Waals surface area contributed by atoms with Crippen molar-refractivity contribution in [2.75, 3.05) is 18.0 Å². The Labute approximate surface area is 196 Å². The van der Waals surface area contributed by atoms with Crippen LogP contribution in [0.4, 0.5) is 5.95 Å². The number of hydrogen-bond acceptors (Lipinski definition) is 7. The standard InChI is InChI=1S/C25H23N5O4/c1-2-22(31)30-16-12-17(30)15-29(14-16)25-27-13-21(23(26)32)24(28-25)34-20-10-8-19(9-11-20)33-18-6-4-3-5-7-18/h2-11,13,16-17H,1,12,14-15H2,(H2,26,32). The van der Waals surface area contributed by atoms with E-state index in [1.54, 1.807) is 24.3 Å². The molecule has 172 valence electrons. The molecule has 2 amide bonds. The molecule has 1 aromatic heterocycles. The minimum atomic E-state index is -0.685. The summed E-state index contributed by atoms with van der Waals surface area (Å²) in [5.41, 5.74) is 5.60. The lowest BCUT2D eigenvalue weighted by Gasteiger charge is -2.55. The summed E-state index contributed by atoms with van der Waals surface area (Å²) >= 11 is 0. The van der Waals surface area contributed by atoms with Crippen molar-refractivity contribution in [3.63, 3.8) is 0 Å². The molecule has 2 atom stereocenters. The molecule has 9 nitrogen and oxygen atoms in total. The average molecular weight is 457 g/mol. The highest BCUT2D eigenvalue weighted by Gasteiger charge is 2.47. The van der Waals surface area contributed by atoms with E-state index in [2.05, 4.69) is 16.5 Å². The topological polar surface area (TPSA) is 111 Å². The SMILES string of the molecule is C=CC(=O)N1C2CC1CN(c1ncc(C(N)=O)c(Oc3ccc(Oc4ccccc4)cc3)n1)C2. The summed E-state index contributed by atoms with van der Waals surface area (Å²) < 4.78 is 11.7. The molecule has 3 aliphatic heterocycles. The zero-order valence-electron chi connectivity index (χ0n) is 18.3. The highest BCUT2D eigenvalue weighted by molar-refractivity contribution is 5.95. The first-order valence-electron chi connectivity index (χ1n) is 10.9. The Bertz CT molecular complexity index is 1220. The smallest absolute Gasteiger partial charge is 0.255 e. The van der Waals surface area contributed by atoms with Crippen molar-refractivity contribution in [1.82, 2.24) is 14.9 Å². The summed E-state index contributed by atoms with van der Waals surface area (Å²) in [4.78, 5) is 36.6. The van der Waals surface area contributed by atoms with Crippen LogP contribution in [0.5, 0.6) is 23.1 Å². The van der Waals surface area contributed by atoms with Gasteiger partial charge in [-0.3, -0.25) is 9.59 Å². The molecule has 0 spiro atoms. The number of aromatic nitrogens is 2. The number of primary amides is 1. The molecule has 3 aliphatic rings. The maximum Gasteiger partial charge on any atom is 0.255 e. The van der Waals surface area contributed by atoms with Gasteiger partial charge in [0.05, 0.1) is 12.1 Å². The van der Waals surface area contributed by atoms with Crippen LogP contribution >= 0.6 is 0 Å². The summed E-state index contributed by atoms with van der Waals surface area (Å²) in [6.45, 7) is 4.76. The van der Waals surface area contributed by atoms with Crippen LogP contribution in [0.2, 0.25) is 0 Å². The number of benzene rings is 2. The van der Waals surface area contributed by atoms with Gasteiger partial charge in [0, 0.05) is 19.3 Å². The molecule has 34 heavy (non-hydrogen) atoms. The summed E-state index contributed by atoms with van der Waals surface area (Å²) in [7, 11) is 0. The van der Waals surface area contributed by atoms with E-state index in [9.17, 15) is 9.59 Å². The van der Waals surface area contributed by atoms with Crippen LogP contribution < -0.4 is 20.1 Å². The van der Waals surface area contributed by atoms with Crippen LogP contribution in [0.15, 0.2) is 73.4 Å². The Morgan fingerprint density at radius 1 is 0.971 bits per heavy atom. The number of anilines is 1. The van der Waals surface area contributed by atoms with E-state index in [-0.39, 0.29) is 29.4 Å². The fourth-order valence-corrected chi connectivity index (χ4v) is 4.31. The Kier molecular flexibility index (Phi) is 5.59. The monoisotopic (exact) mass is 457 g/mol. The number of ether oxygens (including phenoxy) is 2. The van der Waals surface area contributed by atoms with Crippen molar-refractivity contribution in [3.8, 4) is 23.1 Å². The predicted octanol–water partition coefficient (Wildman–Crippen LogP) is 3.14. The van der Waals surface area contributed by atoms with E-state index in [4.69, 9.17) is 15.2 Å². The summed E-state index contributed by atoms with van der Waals surface area (Å²) in [5, 5.41) is 0. The number of rotatable bonds is 7. The van der Waals surface area contributed by atoms with Gasteiger partial charge >= 0.3 is 0 Å². The number of carbonyl (C=O) groups excluding carboxylic acids is 2. The van der Waals surface area contributed by atoms with Crippen molar-refractivity contribution in [1.29, 1.82) is 0 Å². The van der Waals surface area contributed by atoms with Crippen molar-refractivity contribution >= 4 is 17.8 Å². The number of para-hydroxylation sites is 1. The van der Waals surface area contributed by atoms with E-state index < -0.39 is 5.91 Å². The number of fused-ring (bicyclic) bond motifs is 2. The van der Waals surface area contributed by atoms with E-state index in [0.717, 1.165) is 12.2 Å². The van der Waals surface area contributed by atoms with E-state index >= 15 is 0 Å². The lowest BCUT2D eigenvalue weighted by atomic mass is 9.87. The third-order valence-corrected chi connectivity index (χ3v) is 5.93. The Hall–Kier alpha value is -4.40. The highest BCUT2D eigenvalue weighted by Crippen LogP contribution is 2.35. The highest BCUT2D eigenvalue weighted by atomic mass is 16.5. The first-order valence-corrected chi connectivity index (χ1v) is 10.9. The van der Waals surface area contributed by atoms with Gasteiger partial charge < -0.3 is 25.0 Å². The summed E-state index contributed by atoms with van der Waals surface area (Å²) in [5.74, 6) is 1.59. The van der Waals surface area contributed by atoms with Gasteiger partial charge in [0.25, 0.3) is 5.91 Å². The number of hydrogen-bond donors (Lipinski definition) is 1. The summed E-state index contributed by atoms with van der Waals surface area (Å²) in [6, 6.07) is 16.6. The van der Waals surface area contributed by atoms with Gasteiger partial charge in [0.15, 0.2) is 0 Å². The van der Waals surface area contributed by atoms with E-state index in [1.807, 2.05) is 40.1 Å². The molecule has 3 aromatic rings. The van der Waals surface area contributed by atoms with Crippen molar-refractivity contribution in [3.05, 3.63) is 79.0 Å². The maximum absolute atomic E-state index is 12.0. The van der Waals surface area contributed by atoms with Crippen molar-refractivity contribution in [2.45, 2.75) is 18.5 Å². The normalized spacial score (nSPS) is 18.6. The molecule has 2 unspecified atom stereocenters. The number of piperazine rings is 1. The summed E-state index contributed by atoms with van der Waals surface area (Å²) in [6.07, 6.45) is 3.66. The Morgan fingerprint density at radius 2 is 1.59 bits per heavy atom. The van der Waals surface area contributed by atoms with E-state index in [1.165, 1.54) is 12.3 Å². The average Bonchev–Trinajstić information content (AvgIpc) is 2.85. The molecule has 0 radical (unpaired) electrons. The van der Waals surface area contributed by atoms with Gasteiger partial charge in [0.2, 0.25) is 17.7 Å². The van der Waals surface area contributed by atoms with Crippen LogP contribution in [0.25, 0.3) is 0 Å². The third-order valence-electron chi connectivity index (χ3n) is 5.93. The lowest BCUT2D eigenvalue weighted by molar-refractivity contribution is -0.140. The fraction of sp³-hybridized carbons (Fsp3) is 0.200. The zero-order valence-corrected chi connectivity index (χ0v) is 18.3. The fourth-order valence-electron chi connectivity index (χ4n) is 4.31. The predicted molar refractivity (Wildman–Crippen MR) is 125 cm³/mol. The minimum Gasteiger partial charge on any atom is -0.457 e. The molecular formula is C25H23N5O4. The quantitative estimate of drug-likeness (QED) is 0.543. The third kappa shape index (κ3) is 4.15. The van der Waals surface area contributed by atoms with Gasteiger partial charge in [-0.05, 0) is 48.9 Å². The van der Waals surface area contributed by atoms with Gasteiger partial charge in [-0.1, -0.05) is 24.8 Å². The first-order chi connectivity index (χ1) is 16.5. The molecule has 4 heterocycles. The molecule has 2 N–H and O–H groups in total. The van der Waals surface area contributed by atoms with Crippen molar-refractivity contribution in [2.24, 2.45) is 5.73 Å². The second-order valence-corrected chi connectivity index (χ2v) is 8.14. The molecule has 3 fully saturated rings. The van der Waals surface area contributed by atoms with Gasteiger partial charge in [-0.25, -0.2) is 4.98 Å². The van der Waals surface area contributed by atoms with Crippen LogP contribution in [0.3, 0.4) is 0 Å². The van der Waals surface area contributed by atoms with Crippen LogP contribution in [-0.4, -0.2) is 51.9 Å². The van der Waals surface area contributed by atoms with Crippen molar-refractivity contribution < 1.29 is 19.1 Å². The number of piperidine rings is 1. The lowest BCUT2D eigenvalue weighted by Crippen LogP contribution is -2.70. The van der Waals surface area contributed by atoms with E-state index in [0.29, 0.717) is 30.5 Å². The first kappa shape index (κ1) is 21.4. The zero-order chi connectivity index (χ0) is 23.7. The molecule has 0 aliphatic carbocycles. The molecule has 0 saturated carbocycles. The number of amides is 2. The van der Waals surface area contributed by atoms with Crippen LogP contribution in [0, 0.1) is 0 Å². The number of carbonyl (C=O) groups is 2. The number of nitrogens with zero attached hydrogens (tertiary/aromatic N) is 4. The van der Waals surface area contributed by atoms with Crippen LogP contribution in [-0.2, 0) is 4.79 Å². The molecular weight excluding hydrogens is 434 g/mol. The van der Waals surface area contributed by atoms with Gasteiger partial charge in [-0.2, -0.15) is 4.98 Å². The Morgan fingerprint density at radius 3 is 2.21 bits per heavy atom. The molecule has 2 bridgehead atoms. The Balaban J connectivity index is 1.32. The number of nitrogens with two attached hydrogens (primary N) is 1. The maximum atomic E-state index is 12.0. The molecule has 9 heteroatoms. The van der Waals surface area contributed by atoms with Gasteiger partial charge in [-0.15, -0.1) is 0 Å². The second kappa shape index (κ2) is 8.86. The molecule has 6 rings (SSSR count).